The van der Waals surface area contributed by atoms with Crippen molar-refractivity contribution in [1.29, 1.82) is 0 Å². The Morgan fingerprint density at radius 2 is 1.68 bits per heavy atom. The Morgan fingerprint density at radius 1 is 0.925 bits per heavy atom. The number of nitrogens with zero attached hydrogens (tertiary/aromatic N) is 4. The van der Waals surface area contributed by atoms with E-state index < -0.39 is 0 Å². The third-order valence-electron chi connectivity index (χ3n) is 9.55. The van der Waals surface area contributed by atoms with Crippen molar-refractivity contribution in [2.24, 2.45) is 5.41 Å². The van der Waals surface area contributed by atoms with Gasteiger partial charge in [0, 0.05) is 67.4 Å². The first kappa shape index (κ1) is 27.2. The normalized spacial score (nSPS) is 21.6. The number of ether oxygens (including phenoxy) is 2. The van der Waals surface area contributed by atoms with Crippen LogP contribution in [0.15, 0.2) is 36.4 Å². The van der Waals surface area contributed by atoms with Crippen molar-refractivity contribution in [3.05, 3.63) is 69.9 Å². The van der Waals surface area contributed by atoms with Crippen molar-refractivity contribution in [3.8, 4) is 11.4 Å². The lowest BCUT2D eigenvalue weighted by Gasteiger charge is -2.45. The van der Waals surface area contributed by atoms with Crippen LogP contribution in [-0.4, -0.2) is 56.0 Å². The molecule has 3 aromatic rings. The summed E-state index contributed by atoms with van der Waals surface area (Å²) in [5.74, 6) is 1.96. The maximum absolute atomic E-state index is 5.89. The average Bonchev–Trinajstić information content (AvgIpc) is 2.90. The molecule has 1 aromatic heterocycles. The Bertz CT molecular complexity index is 1410. The number of hydrogen-bond donors (Lipinski definition) is 0. The zero-order valence-corrected chi connectivity index (χ0v) is 25.3. The molecule has 2 saturated heterocycles. The van der Waals surface area contributed by atoms with E-state index in [1.54, 1.807) is 0 Å². The lowest BCUT2D eigenvalue weighted by Crippen LogP contribution is -2.50. The van der Waals surface area contributed by atoms with Gasteiger partial charge in [-0.05, 0) is 55.5 Å². The van der Waals surface area contributed by atoms with E-state index in [1.807, 2.05) is 7.11 Å². The zero-order valence-electron chi connectivity index (χ0n) is 25.3. The van der Waals surface area contributed by atoms with Gasteiger partial charge in [-0.2, -0.15) is 0 Å². The number of anilines is 2. The molecule has 0 radical (unpaired) electrons. The van der Waals surface area contributed by atoms with Crippen LogP contribution in [0, 0.1) is 26.2 Å². The molecule has 4 heterocycles. The first-order valence-corrected chi connectivity index (χ1v) is 14.8. The second kappa shape index (κ2) is 10.1. The smallest absolute Gasteiger partial charge is 0.162 e. The number of fused-ring (bicyclic) bond motifs is 1. The number of piperidine rings is 1. The van der Waals surface area contributed by atoms with Crippen LogP contribution in [-0.2, 0) is 27.9 Å². The minimum absolute atomic E-state index is 0.0309. The Kier molecular flexibility index (Phi) is 6.90. The van der Waals surface area contributed by atoms with Crippen molar-refractivity contribution in [1.82, 2.24) is 9.97 Å². The molecular formula is C34H44N4O2. The molecule has 0 amide bonds. The van der Waals surface area contributed by atoms with Crippen molar-refractivity contribution in [3.63, 3.8) is 0 Å². The largest absolute Gasteiger partial charge is 0.381 e. The topological polar surface area (TPSA) is 50.7 Å². The van der Waals surface area contributed by atoms with Crippen LogP contribution < -0.4 is 9.80 Å². The molecule has 0 N–H and O–H groups in total. The van der Waals surface area contributed by atoms with Gasteiger partial charge in [0.25, 0.3) is 0 Å². The van der Waals surface area contributed by atoms with Gasteiger partial charge in [0.1, 0.15) is 5.82 Å². The van der Waals surface area contributed by atoms with E-state index in [4.69, 9.17) is 19.4 Å². The third kappa shape index (κ3) is 4.69. The van der Waals surface area contributed by atoms with Crippen LogP contribution in [0.1, 0.15) is 60.7 Å². The first-order valence-electron chi connectivity index (χ1n) is 14.8. The summed E-state index contributed by atoms with van der Waals surface area (Å²) in [4.78, 5) is 15.7. The molecular weight excluding hydrogens is 496 g/mol. The highest BCUT2D eigenvalue weighted by Crippen LogP contribution is 2.40. The standard InChI is InChI=1S/C34H44N4O2/c1-22-11-12-25(34(6)20-40-21-34)17-28(22)37-15-13-27-26(18-37)32(38-16-14-29(39-7)33(4,5)19-38)36-31(35-27)30-23(2)9-8-10-24(30)3/h8-12,17,29H,13-16,18-21H2,1-7H3. The first-order chi connectivity index (χ1) is 19.1. The second-order valence-corrected chi connectivity index (χ2v) is 13.2. The predicted molar refractivity (Wildman–Crippen MR) is 162 cm³/mol. The Balaban J connectivity index is 1.43. The van der Waals surface area contributed by atoms with Crippen molar-refractivity contribution in [2.75, 3.05) is 49.8 Å². The third-order valence-corrected chi connectivity index (χ3v) is 9.55. The summed E-state index contributed by atoms with van der Waals surface area (Å²) < 4.78 is 11.5. The molecule has 1 unspecified atom stereocenters. The van der Waals surface area contributed by atoms with E-state index in [0.29, 0.717) is 0 Å². The van der Waals surface area contributed by atoms with Crippen LogP contribution in [0.3, 0.4) is 0 Å². The van der Waals surface area contributed by atoms with Crippen molar-refractivity contribution < 1.29 is 9.47 Å². The van der Waals surface area contributed by atoms with E-state index in [-0.39, 0.29) is 16.9 Å². The average molecular weight is 541 g/mol. The summed E-state index contributed by atoms with van der Waals surface area (Å²) in [5, 5.41) is 0. The molecule has 6 rings (SSSR count). The molecule has 1 atom stereocenters. The van der Waals surface area contributed by atoms with Crippen LogP contribution in [0.2, 0.25) is 0 Å². The molecule has 0 saturated carbocycles. The predicted octanol–water partition coefficient (Wildman–Crippen LogP) is 6.17. The monoisotopic (exact) mass is 540 g/mol. The Hall–Kier alpha value is -2.96. The number of hydrogen-bond acceptors (Lipinski definition) is 6. The molecule has 2 aromatic carbocycles. The molecule has 6 nitrogen and oxygen atoms in total. The lowest BCUT2D eigenvalue weighted by atomic mass is 9.80. The summed E-state index contributed by atoms with van der Waals surface area (Å²) >= 11 is 0. The molecule has 2 fully saturated rings. The molecule has 3 aliphatic rings. The molecule has 40 heavy (non-hydrogen) atoms. The van der Waals surface area contributed by atoms with Gasteiger partial charge >= 0.3 is 0 Å². The van der Waals surface area contributed by atoms with Gasteiger partial charge in [0.05, 0.1) is 25.0 Å². The van der Waals surface area contributed by atoms with Crippen LogP contribution in [0.5, 0.6) is 0 Å². The van der Waals surface area contributed by atoms with Crippen LogP contribution in [0.4, 0.5) is 11.5 Å². The van der Waals surface area contributed by atoms with Crippen LogP contribution in [0.25, 0.3) is 11.4 Å². The summed E-state index contributed by atoms with van der Waals surface area (Å²) in [5.41, 5.74) is 10.2. The van der Waals surface area contributed by atoms with Gasteiger partial charge in [-0.1, -0.05) is 51.1 Å². The fourth-order valence-electron chi connectivity index (χ4n) is 7.00. The fraction of sp³-hybridized carbons (Fsp3) is 0.529. The summed E-state index contributed by atoms with van der Waals surface area (Å²) in [6, 6.07) is 13.4. The van der Waals surface area contributed by atoms with Gasteiger partial charge < -0.3 is 19.3 Å². The minimum Gasteiger partial charge on any atom is -0.381 e. The highest BCUT2D eigenvalue weighted by molar-refractivity contribution is 5.68. The maximum atomic E-state index is 5.89. The summed E-state index contributed by atoms with van der Waals surface area (Å²) in [6.07, 6.45) is 2.15. The van der Waals surface area contributed by atoms with Gasteiger partial charge in [0.2, 0.25) is 0 Å². The van der Waals surface area contributed by atoms with Gasteiger partial charge in [-0.15, -0.1) is 0 Å². The van der Waals surface area contributed by atoms with E-state index in [0.717, 1.165) is 63.9 Å². The summed E-state index contributed by atoms with van der Waals surface area (Å²) in [7, 11) is 1.85. The number of methoxy groups -OCH3 is 1. The van der Waals surface area contributed by atoms with E-state index in [9.17, 15) is 0 Å². The summed E-state index contributed by atoms with van der Waals surface area (Å²) in [6.45, 7) is 18.7. The SMILES string of the molecule is COC1CCN(c2nc(-c3c(C)cccc3C)nc3c2CN(c2cc(C4(C)COC4)ccc2C)CC3)CC1(C)C. The Morgan fingerprint density at radius 3 is 2.33 bits per heavy atom. The van der Waals surface area contributed by atoms with Gasteiger partial charge in [0.15, 0.2) is 5.82 Å². The van der Waals surface area contributed by atoms with Crippen LogP contribution >= 0.6 is 0 Å². The minimum atomic E-state index is 0.0309. The fourth-order valence-corrected chi connectivity index (χ4v) is 7.00. The zero-order chi connectivity index (χ0) is 28.2. The van der Waals surface area contributed by atoms with Crippen molar-refractivity contribution in [2.45, 2.75) is 72.4 Å². The van der Waals surface area contributed by atoms with E-state index in [2.05, 4.69) is 87.7 Å². The number of aromatic nitrogens is 2. The molecule has 6 heteroatoms. The lowest BCUT2D eigenvalue weighted by molar-refractivity contribution is -0.0499. The van der Waals surface area contributed by atoms with E-state index in [1.165, 1.54) is 44.8 Å². The number of aryl methyl sites for hydroxylation is 3. The van der Waals surface area contributed by atoms with E-state index >= 15 is 0 Å². The molecule has 3 aliphatic heterocycles. The highest BCUT2D eigenvalue weighted by atomic mass is 16.5. The quantitative estimate of drug-likeness (QED) is 0.386. The molecule has 212 valence electrons. The molecule has 0 bridgehead atoms. The van der Waals surface area contributed by atoms with Gasteiger partial charge in [-0.25, -0.2) is 9.97 Å². The maximum Gasteiger partial charge on any atom is 0.162 e. The Labute approximate surface area is 239 Å². The number of benzene rings is 2. The van der Waals surface area contributed by atoms with Gasteiger partial charge in [-0.3, -0.25) is 0 Å². The molecule has 0 aliphatic carbocycles. The second-order valence-electron chi connectivity index (χ2n) is 13.2. The number of rotatable bonds is 5. The molecule has 0 spiro atoms. The van der Waals surface area contributed by atoms with Crippen molar-refractivity contribution >= 4 is 11.5 Å². The highest BCUT2D eigenvalue weighted by Gasteiger charge is 2.39.